The van der Waals surface area contributed by atoms with Crippen LogP contribution in [0.2, 0.25) is 0 Å². The van der Waals surface area contributed by atoms with Gasteiger partial charge in [0, 0.05) is 31.0 Å². The molecule has 0 N–H and O–H groups in total. The van der Waals surface area contributed by atoms with Crippen molar-refractivity contribution >= 4 is 5.69 Å². The third-order valence-electron chi connectivity index (χ3n) is 2.94. The summed E-state index contributed by atoms with van der Waals surface area (Å²) in [5.74, 6) is 0.762. The second kappa shape index (κ2) is 5.73. The van der Waals surface area contributed by atoms with Crippen molar-refractivity contribution in [1.82, 2.24) is 4.98 Å². The molecule has 0 unspecified atom stereocenters. The molecule has 2 rings (SSSR count). The van der Waals surface area contributed by atoms with Gasteiger partial charge < -0.3 is 9.64 Å². The lowest BCUT2D eigenvalue weighted by atomic mass is 10.3. The summed E-state index contributed by atoms with van der Waals surface area (Å²) in [4.78, 5) is 6.63. The highest BCUT2D eigenvalue weighted by molar-refractivity contribution is 5.48. The monoisotopic (exact) mass is 220 g/mol. The van der Waals surface area contributed by atoms with E-state index in [2.05, 4.69) is 28.9 Å². The third-order valence-corrected chi connectivity index (χ3v) is 2.94. The fourth-order valence-electron chi connectivity index (χ4n) is 1.97. The molecule has 0 atom stereocenters. The molecule has 2 heterocycles. The molecule has 1 fully saturated rings. The van der Waals surface area contributed by atoms with Crippen LogP contribution in [0.25, 0.3) is 0 Å². The predicted molar refractivity (Wildman–Crippen MR) is 66.1 cm³/mol. The van der Waals surface area contributed by atoms with E-state index in [1.165, 1.54) is 31.6 Å². The molecule has 0 bridgehead atoms. The van der Waals surface area contributed by atoms with E-state index >= 15 is 0 Å². The van der Waals surface area contributed by atoms with Crippen molar-refractivity contribution < 1.29 is 4.74 Å². The average molecular weight is 220 g/mol. The number of ether oxygens (including phenoxy) is 1. The van der Waals surface area contributed by atoms with E-state index < -0.39 is 0 Å². The molecule has 16 heavy (non-hydrogen) atoms. The van der Waals surface area contributed by atoms with Gasteiger partial charge in [0.2, 0.25) is 5.88 Å². The molecule has 0 amide bonds. The zero-order valence-corrected chi connectivity index (χ0v) is 9.98. The van der Waals surface area contributed by atoms with Gasteiger partial charge >= 0.3 is 0 Å². The maximum absolute atomic E-state index is 5.61. The van der Waals surface area contributed by atoms with Gasteiger partial charge in [-0.1, -0.05) is 13.3 Å². The first-order valence-corrected chi connectivity index (χ1v) is 6.24. The van der Waals surface area contributed by atoms with Gasteiger partial charge in [-0.3, -0.25) is 0 Å². The third kappa shape index (κ3) is 2.87. The first-order valence-electron chi connectivity index (χ1n) is 6.24. The number of unbranched alkanes of at least 4 members (excludes halogenated alkanes) is 1. The molecule has 1 aromatic heterocycles. The summed E-state index contributed by atoms with van der Waals surface area (Å²) in [6.07, 6.45) is 6.69. The number of aromatic nitrogens is 1. The van der Waals surface area contributed by atoms with Gasteiger partial charge in [-0.25, -0.2) is 4.98 Å². The van der Waals surface area contributed by atoms with Crippen LogP contribution in [0.5, 0.6) is 5.88 Å². The Kier molecular flexibility index (Phi) is 4.03. The topological polar surface area (TPSA) is 25.4 Å². The maximum atomic E-state index is 5.61. The molecule has 1 aliphatic heterocycles. The molecule has 0 aliphatic carbocycles. The van der Waals surface area contributed by atoms with Crippen LogP contribution >= 0.6 is 0 Å². The smallest absolute Gasteiger partial charge is 0.215 e. The van der Waals surface area contributed by atoms with E-state index in [1.54, 1.807) is 0 Å². The van der Waals surface area contributed by atoms with Crippen molar-refractivity contribution in [2.75, 3.05) is 24.6 Å². The molecule has 0 aromatic carbocycles. The van der Waals surface area contributed by atoms with Crippen molar-refractivity contribution in [3.05, 3.63) is 18.3 Å². The van der Waals surface area contributed by atoms with E-state index in [1.807, 2.05) is 6.20 Å². The van der Waals surface area contributed by atoms with Gasteiger partial charge in [-0.15, -0.1) is 0 Å². The second-order valence-corrected chi connectivity index (χ2v) is 4.25. The largest absolute Gasteiger partial charge is 0.478 e. The van der Waals surface area contributed by atoms with Crippen molar-refractivity contribution in [3.63, 3.8) is 0 Å². The fraction of sp³-hybridized carbons (Fsp3) is 0.615. The van der Waals surface area contributed by atoms with Gasteiger partial charge in [0.05, 0.1) is 6.61 Å². The van der Waals surface area contributed by atoms with E-state index in [-0.39, 0.29) is 0 Å². The SMILES string of the molecule is CCCCOc1cc(N2CCCC2)ccn1. The highest BCUT2D eigenvalue weighted by Crippen LogP contribution is 2.22. The van der Waals surface area contributed by atoms with Crippen molar-refractivity contribution in [2.45, 2.75) is 32.6 Å². The molecule has 88 valence electrons. The molecule has 1 saturated heterocycles. The van der Waals surface area contributed by atoms with Crippen molar-refractivity contribution in [2.24, 2.45) is 0 Å². The Morgan fingerprint density at radius 1 is 1.38 bits per heavy atom. The number of hydrogen-bond donors (Lipinski definition) is 0. The van der Waals surface area contributed by atoms with E-state index in [0.29, 0.717) is 0 Å². The Hall–Kier alpha value is -1.25. The predicted octanol–water partition coefficient (Wildman–Crippen LogP) is 2.86. The Morgan fingerprint density at radius 3 is 2.94 bits per heavy atom. The molecule has 1 aromatic rings. The Balaban J connectivity index is 1.95. The number of rotatable bonds is 5. The highest BCUT2D eigenvalue weighted by Gasteiger charge is 2.12. The summed E-state index contributed by atoms with van der Waals surface area (Å²) in [5, 5.41) is 0. The van der Waals surface area contributed by atoms with Crippen LogP contribution in [0.15, 0.2) is 18.3 Å². The number of anilines is 1. The molecule has 0 spiro atoms. The van der Waals surface area contributed by atoms with Crippen molar-refractivity contribution in [3.8, 4) is 5.88 Å². The van der Waals surface area contributed by atoms with E-state index in [9.17, 15) is 0 Å². The first kappa shape index (κ1) is 11.2. The molecule has 3 nitrogen and oxygen atoms in total. The molecule has 3 heteroatoms. The first-order chi connectivity index (χ1) is 7.90. The zero-order valence-electron chi connectivity index (χ0n) is 9.98. The maximum Gasteiger partial charge on any atom is 0.215 e. The molecular weight excluding hydrogens is 200 g/mol. The van der Waals surface area contributed by atoms with Gasteiger partial charge in [-0.05, 0) is 25.3 Å². The fourth-order valence-corrected chi connectivity index (χ4v) is 1.97. The summed E-state index contributed by atoms with van der Waals surface area (Å²) >= 11 is 0. The van der Waals surface area contributed by atoms with Gasteiger partial charge in [0.15, 0.2) is 0 Å². The molecule has 0 saturated carbocycles. The van der Waals surface area contributed by atoms with Crippen LogP contribution < -0.4 is 9.64 Å². The lowest BCUT2D eigenvalue weighted by Gasteiger charge is -2.17. The van der Waals surface area contributed by atoms with E-state index in [4.69, 9.17) is 4.74 Å². The summed E-state index contributed by atoms with van der Waals surface area (Å²) < 4.78 is 5.61. The molecule has 1 aliphatic rings. The normalized spacial score (nSPS) is 15.4. The average Bonchev–Trinajstić information content (AvgIpc) is 2.83. The second-order valence-electron chi connectivity index (χ2n) is 4.25. The van der Waals surface area contributed by atoms with Crippen LogP contribution in [0.4, 0.5) is 5.69 Å². The quantitative estimate of drug-likeness (QED) is 0.713. The standard InChI is InChI=1S/C13H20N2O/c1-2-3-10-16-13-11-12(6-7-14-13)15-8-4-5-9-15/h6-7,11H,2-5,8-10H2,1H3. The van der Waals surface area contributed by atoms with Crippen LogP contribution in [0, 0.1) is 0 Å². The summed E-state index contributed by atoms with van der Waals surface area (Å²) in [7, 11) is 0. The van der Waals surface area contributed by atoms with Crippen LogP contribution in [-0.4, -0.2) is 24.7 Å². The van der Waals surface area contributed by atoms with Gasteiger partial charge in [0.25, 0.3) is 0 Å². The minimum absolute atomic E-state index is 0.762. The minimum atomic E-state index is 0.762. The van der Waals surface area contributed by atoms with Gasteiger partial charge in [-0.2, -0.15) is 0 Å². The summed E-state index contributed by atoms with van der Waals surface area (Å²) in [6, 6.07) is 4.12. The van der Waals surface area contributed by atoms with Crippen LogP contribution in [-0.2, 0) is 0 Å². The minimum Gasteiger partial charge on any atom is -0.478 e. The summed E-state index contributed by atoms with van der Waals surface area (Å²) in [6.45, 7) is 5.27. The van der Waals surface area contributed by atoms with E-state index in [0.717, 1.165) is 25.3 Å². The zero-order chi connectivity index (χ0) is 11.2. The Morgan fingerprint density at radius 2 is 2.19 bits per heavy atom. The Bertz CT molecular complexity index is 321. The Labute approximate surface area is 97.4 Å². The number of nitrogens with zero attached hydrogens (tertiary/aromatic N) is 2. The lowest BCUT2D eigenvalue weighted by Crippen LogP contribution is -2.17. The van der Waals surface area contributed by atoms with Crippen LogP contribution in [0.1, 0.15) is 32.6 Å². The van der Waals surface area contributed by atoms with Crippen molar-refractivity contribution in [1.29, 1.82) is 0 Å². The lowest BCUT2D eigenvalue weighted by molar-refractivity contribution is 0.298. The molecule has 0 radical (unpaired) electrons. The number of pyridine rings is 1. The van der Waals surface area contributed by atoms with Crippen LogP contribution in [0.3, 0.4) is 0 Å². The highest BCUT2D eigenvalue weighted by atomic mass is 16.5. The van der Waals surface area contributed by atoms with Gasteiger partial charge in [0.1, 0.15) is 0 Å². The summed E-state index contributed by atoms with van der Waals surface area (Å²) in [5.41, 5.74) is 1.25. The number of hydrogen-bond acceptors (Lipinski definition) is 3. The molecular formula is C13H20N2O.